The highest BCUT2D eigenvalue weighted by molar-refractivity contribution is 5.99. The minimum absolute atomic E-state index is 0.0856. The van der Waals surface area contributed by atoms with Crippen LogP contribution in [0.4, 0.5) is 15.8 Å². The second kappa shape index (κ2) is 8.49. The van der Waals surface area contributed by atoms with Crippen LogP contribution in [0.25, 0.3) is 0 Å². The third-order valence-corrected chi connectivity index (χ3v) is 5.21. The number of rotatable bonds is 7. The fourth-order valence-electron chi connectivity index (χ4n) is 3.23. The molecule has 10 heteroatoms. The molecule has 2 unspecified atom stereocenters. The van der Waals surface area contributed by atoms with E-state index in [4.69, 9.17) is 0 Å². The van der Waals surface area contributed by atoms with Gasteiger partial charge in [0.25, 0.3) is 5.91 Å². The molecule has 1 aliphatic heterocycles. The van der Waals surface area contributed by atoms with Gasteiger partial charge in [0.15, 0.2) is 5.67 Å². The maximum Gasteiger partial charge on any atom is 0.262 e. The number of carbonyl (C=O) groups is 4. The lowest BCUT2D eigenvalue weighted by molar-refractivity contribution is -0.135. The molecule has 1 heterocycles. The summed E-state index contributed by atoms with van der Waals surface area (Å²) in [5.41, 5.74) is -0.877. The van der Waals surface area contributed by atoms with Gasteiger partial charge in [-0.2, -0.15) is 5.26 Å². The number of halogens is 1. The number of hydrogen-bond donors (Lipinski definition) is 2. The molecule has 158 valence electrons. The highest BCUT2D eigenvalue weighted by Gasteiger charge is 2.50. The van der Waals surface area contributed by atoms with Crippen molar-refractivity contribution in [3.63, 3.8) is 0 Å². The SMILES string of the molecule is CN(C=O)CC(=O)N1CC(C(=O)Nc2ccc(NC(=O)C3(F)CC3)cc2)CC1C#N. The van der Waals surface area contributed by atoms with Crippen molar-refractivity contribution in [2.24, 2.45) is 5.92 Å². The van der Waals surface area contributed by atoms with Crippen molar-refractivity contribution in [3.8, 4) is 6.07 Å². The van der Waals surface area contributed by atoms with E-state index >= 15 is 0 Å². The number of alkyl halides is 1. The molecule has 0 spiro atoms. The predicted octanol–water partition coefficient (Wildman–Crippen LogP) is 0.895. The lowest BCUT2D eigenvalue weighted by Gasteiger charge is -2.21. The monoisotopic (exact) mass is 415 g/mol. The van der Waals surface area contributed by atoms with Gasteiger partial charge in [-0.3, -0.25) is 19.2 Å². The summed E-state index contributed by atoms with van der Waals surface area (Å²) in [7, 11) is 1.46. The Kier molecular flexibility index (Phi) is 6.01. The molecule has 9 nitrogen and oxygen atoms in total. The Morgan fingerprint density at radius 2 is 1.87 bits per heavy atom. The van der Waals surface area contributed by atoms with Crippen molar-refractivity contribution < 1.29 is 23.6 Å². The summed E-state index contributed by atoms with van der Waals surface area (Å²) in [5, 5.41) is 14.5. The molecule has 4 amide bonds. The topological polar surface area (TPSA) is 123 Å². The van der Waals surface area contributed by atoms with E-state index in [0.29, 0.717) is 17.8 Å². The number of anilines is 2. The Morgan fingerprint density at radius 1 is 1.27 bits per heavy atom. The van der Waals surface area contributed by atoms with Gasteiger partial charge in [-0.25, -0.2) is 4.39 Å². The van der Waals surface area contributed by atoms with E-state index in [1.807, 2.05) is 6.07 Å². The maximum atomic E-state index is 13.7. The van der Waals surface area contributed by atoms with E-state index in [0.717, 1.165) is 0 Å². The number of hydrogen-bond acceptors (Lipinski definition) is 5. The number of nitriles is 1. The molecule has 30 heavy (non-hydrogen) atoms. The first-order valence-electron chi connectivity index (χ1n) is 9.51. The molecule has 2 atom stereocenters. The molecule has 1 saturated carbocycles. The van der Waals surface area contributed by atoms with E-state index < -0.39 is 29.4 Å². The second-order valence-electron chi connectivity index (χ2n) is 7.63. The molecule has 3 rings (SSSR count). The number of nitrogens with one attached hydrogen (secondary N) is 2. The van der Waals surface area contributed by atoms with Crippen molar-refractivity contribution in [1.82, 2.24) is 9.80 Å². The van der Waals surface area contributed by atoms with Crippen molar-refractivity contribution in [2.45, 2.75) is 31.0 Å². The van der Waals surface area contributed by atoms with Crippen LogP contribution in [0.5, 0.6) is 0 Å². The summed E-state index contributed by atoms with van der Waals surface area (Å²) in [5.74, 6) is -1.97. The number of amides is 4. The fourth-order valence-corrected chi connectivity index (χ4v) is 3.23. The average Bonchev–Trinajstić information content (AvgIpc) is 3.33. The Bertz CT molecular complexity index is 893. The van der Waals surface area contributed by atoms with Crippen LogP contribution in [-0.2, 0) is 19.2 Å². The zero-order valence-electron chi connectivity index (χ0n) is 16.4. The van der Waals surface area contributed by atoms with Crippen LogP contribution in [0.15, 0.2) is 24.3 Å². The Morgan fingerprint density at radius 3 is 2.40 bits per heavy atom. The molecule has 0 aromatic heterocycles. The largest absolute Gasteiger partial charge is 0.339 e. The molecule has 2 aliphatic rings. The first-order valence-corrected chi connectivity index (χ1v) is 9.51. The molecular weight excluding hydrogens is 393 g/mol. The number of nitrogens with zero attached hydrogens (tertiary/aromatic N) is 3. The predicted molar refractivity (Wildman–Crippen MR) is 105 cm³/mol. The van der Waals surface area contributed by atoms with E-state index in [1.165, 1.54) is 16.8 Å². The summed E-state index contributed by atoms with van der Waals surface area (Å²) in [6.45, 7) is -0.0777. The summed E-state index contributed by atoms with van der Waals surface area (Å²) in [4.78, 5) is 49.8. The molecule has 0 radical (unpaired) electrons. The molecular formula is C20H22FN5O4. The van der Waals surface area contributed by atoms with Crippen molar-refractivity contribution in [2.75, 3.05) is 30.8 Å². The Labute approximate surface area is 172 Å². The first-order chi connectivity index (χ1) is 14.3. The van der Waals surface area contributed by atoms with Gasteiger partial charge < -0.3 is 20.4 Å². The van der Waals surface area contributed by atoms with Crippen LogP contribution in [0.3, 0.4) is 0 Å². The van der Waals surface area contributed by atoms with Gasteiger partial charge in [0.2, 0.25) is 18.2 Å². The minimum Gasteiger partial charge on any atom is -0.339 e. The van der Waals surface area contributed by atoms with E-state index in [2.05, 4.69) is 10.6 Å². The summed E-state index contributed by atoms with van der Waals surface area (Å²) >= 11 is 0. The zero-order chi connectivity index (χ0) is 21.9. The van der Waals surface area contributed by atoms with E-state index in [1.54, 1.807) is 24.3 Å². The van der Waals surface area contributed by atoms with Gasteiger partial charge in [-0.15, -0.1) is 0 Å². The van der Waals surface area contributed by atoms with Gasteiger partial charge in [0.1, 0.15) is 6.04 Å². The molecule has 1 aromatic rings. The number of likely N-dealkylation sites (tertiary alicyclic amines) is 1. The number of benzene rings is 1. The number of likely N-dealkylation sites (N-methyl/N-ethyl adjacent to an activating group) is 1. The molecule has 2 N–H and O–H groups in total. The van der Waals surface area contributed by atoms with E-state index in [9.17, 15) is 28.8 Å². The minimum atomic E-state index is -1.77. The Hall–Kier alpha value is -3.48. The van der Waals surface area contributed by atoms with Gasteiger partial charge in [-0.05, 0) is 43.5 Å². The summed E-state index contributed by atoms with van der Waals surface area (Å²) < 4.78 is 13.7. The van der Waals surface area contributed by atoms with Gasteiger partial charge in [0.05, 0.1) is 18.5 Å². The van der Waals surface area contributed by atoms with Crippen molar-refractivity contribution in [1.29, 1.82) is 5.26 Å². The quantitative estimate of drug-likeness (QED) is 0.641. The van der Waals surface area contributed by atoms with Crippen LogP contribution >= 0.6 is 0 Å². The zero-order valence-corrected chi connectivity index (χ0v) is 16.4. The van der Waals surface area contributed by atoms with Crippen LogP contribution in [0.1, 0.15) is 19.3 Å². The number of carbonyl (C=O) groups excluding carboxylic acids is 4. The van der Waals surface area contributed by atoms with Crippen LogP contribution in [-0.4, -0.2) is 65.8 Å². The fraction of sp³-hybridized carbons (Fsp3) is 0.450. The average molecular weight is 415 g/mol. The smallest absolute Gasteiger partial charge is 0.262 e. The molecule has 1 aliphatic carbocycles. The van der Waals surface area contributed by atoms with Gasteiger partial charge >= 0.3 is 0 Å². The van der Waals surface area contributed by atoms with Gasteiger partial charge in [-0.1, -0.05) is 0 Å². The lowest BCUT2D eigenvalue weighted by Crippen LogP contribution is -2.41. The standard InChI is InChI=1S/C20H22FN5O4/c1-25(12-27)11-17(28)26-10-13(8-16(26)9-22)18(29)23-14-2-4-15(5-3-14)24-19(30)20(21)6-7-20/h2-5,12-13,16H,6-8,10-11H2,1H3,(H,23,29)(H,24,30). The van der Waals surface area contributed by atoms with Crippen LogP contribution < -0.4 is 10.6 Å². The molecule has 1 aromatic carbocycles. The summed E-state index contributed by atoms with van der Waals surface area (Å²) in [6, 6.07) is 7.54. The van der Waals surface area contributed by atoms with Crippen molar-refractivity contribution >= 4 is 35.5 Å². The maximum absolute atomic E-state index is 13.7. The van der Waals surface area contributed by atoms with Crippen LogP contribution in [0.2, 0.25) is 0 Å². The lowest BCUT2D eigenvalue weighted by atomic mass is 10.1. The first kappa shape index (κ1) is 21.2. The third kappa shape index (κ3) is 4.74. The normalized spacial score (nSPS) is 21.3. The second-order valence-corrected chi connectivity index (χ2v) is 7.63. The van der Waals surface area contributed by atoms with Crippen molar-refractivity contribution in [3.05, 3.63) is 24.3 Å². The highest BCUT2D eigenvalue weighted by Crippen LogP contribution is 2.40. The van der Waals surface area contributed by atoms with Crippen LogP contribution in [0, 0.1) is 17.2 Å². The van der Waals surface area contributed by atoms with E-state index in [-0.39, 0.29) is 38.3 Å². The highest BCUT2D eigenvalue weighted by atomic mass is 19.1. The summed E-state index contributed by atoms with van der Waals surface area (Å²) in [6.07, 6.45) is 1.17. The third-order valence-electron chi connectivity index (χ3n) is 5.21. The molecule has 1 saturated heterocycles. The molecule has 2 fully saturated rings. The van der Waals surface area contributed by atoms with Gasteiger partial charge in [0, 0.05) is 25.0 Å². The Balaban J connectivity index is 1.56. The molecule has 0 bridgehead atoms.